The van der Waals surface area contributed by atoms with Gasteiger partial charge in [0.1, 0.15) is 10.8 Å². The quantitative estimate of drug-likeness (QED) is 0.405. The molecule has 0 bridgehead atoms. The number of thiazole rings is 1. The molecule has 0 saturated carbocycles. The number of hydrogen-bond acceptors (Lipinski definition) is 8. The topological polar surface area (TPSA) is 115 Å². The number of benzene rings is 1. The van der Waals surface area contributed by atoms with Gasteiger partial charge in [-0.3, -0.25) is 0 Å². The zero-order chi connectivity index (χ0) is 22.7. The first-order valence-electron chi connectivity index (χ1n) is 9.99. The van der Waals surface area contributed by atoms with Gasteiger partial charge >= 0.3 is 0 Å². The lowest BCUT2D eigenvalue weighted by molar-refractivity contribution is 0.581. The summed E-state index contributed by atoms with van der Waals surface area (Å²) in [5, 5.41) is 5.73. The zero-order valence-corrected chi connectivity index (χ0v) is 19.5. The average Bonchev–Trinajstić information content (AvgIpc) is 3.37. The van der Waals surface area contributed by atoms with Gasteiger partial charge in [0.25, 0.3) is 0 Å². The predicted molar refractivity (Wildman–Crippen MR) is 124 cm³/mol. The highest BCUT2D eigenvalue weighted by Crippen LogP contribution is 2.22. The van der Waals surface area contributed by atoms with Crippen LogP contribution in [0.1, 0.15) is 23.4 Å². The lowest BCUT2D eigenvalue weighted by Gasteiger charge is -2.10. The van der Waals surface area contributed by atoms with E-state index in [1.54, 1.807) is 24.5 Å². The van der Waals surface area contributed by atoms with Crippen molar-refractivity contribution in [3.05, 3.63) is 64.6 Å². The van der Waals surface area contributed by atoms with E-state index in [0.717, 1.165) is 34.5 Å². The highest BCUT2D eigenvalue weighted by molar-refractivity contribution is 7.89. The molecule has 4 aromatic rings. The van der Waals surface area contributed by atoms with Crippen LogP contribution in [-0.4, -0.2) is 32.9 Å². The van der Waals surface area contributed by atoms with Gasteiger partial charge in [-0.1, -0.05) is 0 Å². The van der Waals surface area contributed by atoms with Crippen LogP contribution in [-0.2, 0) is 23.1 Å². The molecule has 0 aliphatic rings. The number of aromatic nitrogens is 5. The second-order valence-electron chi connectivity index (χ2n) is 7.06. The van der Waals surface area contributed by atoms with Crippen molar-refractivity contribution in [1.82, 2.24) is 29.2 Å². The monoisotopic (exact) mass is 469 g/mol. The van der Waals surface area contributed by atoms with Gasteiger partial charge < -0.3 is 9.88 Å². The molecule has 4 rings (SSSR count). The predicted octanol–water partition coefficient (Wildman–Crippen LogP) is 3.66. The van der Waals surface area contributed by atoms with E-state index in [1.165, 1.54) is 23.5 Å². The average molecular weight is 470 g/mol. The number of hydrogen-bond donors (Lipinski definition) is 2. The molecule has 1 aromatic carbocycles. The Kier molecular flexibility index (Phi) is 6.31. The number of nitrogens with zero attached hydrogens (tertiary/aromatic N) is 5. The molecule has 0 saturated heterocycles. The molecule has 0 aliphatic heterocycles. The van der Waals surface area contributed by atoms with E-state index in [-0.39, 0.29) is 11.4 Å². The number of imidazole rings is 1. The summed E-state index contributed by atoms with van der Waals surface area (Å²) in [4.78, 5) is 17.7. The number of nitrogens with one attached hydrogen (secondary N) is 2. The molecule has 9 nitrogen and oxygen atoms in total. The molecule has 0 spiro atoms. The molecule has 2 N–H and O–H groups in total. The van der Waals surface area contributed by atoms with Gasteiger partial charge in [0.2, 0.25) is 16.0 Å². The van der Waals surface area contributed by atoms with Gasteiger partial charge in [-0.05, 0) is 51.1 Å². The first kappa shape index (κ1) is 22.1. The van der Waals surface area contributed by atoms with Crippen LogP contribution in [0, 0.1) is 13.8 Å². The Hall–Kier alpha value is -3.15. The minimum atomic E-state index is -3.64. The highest BCUT2D eigenvalue weighted by Gasteiger charge is 2.15. The molecule has 0 fully saturated rings. The summed E-state index contributed by atoms with van der Waals surface area (Å²) in [5.74, 6) is 1.34. The molecule has 11 heteroatoms. The summed E-state index contributed by atoms with van der Waals surface area (Å²) >= 11 is 1.42. The Bertz CT molecular complexity index is 1330. The second-order valence-corrected chi connectivity index (χ2v) is 9.77. The third-order valence-corrected chi connectivity index (χ3v) is 7.17. The molecule has 166 valence electrons. The third-order valence-electron chi connectivity index (χ3n) is 4.79. The van der Waals surface area contributed by atoms with E-state index in [1.807, 2.05) is 25.3 Å². The fourth-order valence-corrected chi connectivity index (χ4v) is 4.99. The summed E-state index contributed by atoms with van der Waals surface area (Å²) in [6.45, 7) is 6.84. The smallest absolute Gasteiger partial charge is 0.240 e. The lowest BCUT2D eigenvalue weighted by Crippen LogP contribution is -2.23. The molecule has 3 aromatic heterocycles. The molecule has 0 atom stereocenters. The Morgan fingerprint density at radius 3 is 2.53 bits per heavy atom. The standard InChI is InChI=1S/C21H23N7O2S2/c1-4-28-15(3)23-11-19(28)18-9-10-22-21(27-18)26-16-5-7-17(8-6-16)32(29,30)24-12-20-25-14(2)13-31-20/h5-11,13,24H,4,12H2,1-3H3,(H,22,26,27). The van der Waals surface area contributed by atoms with Gasteiger partial charge in [-0.25, -0.2) is 33.1 Å². The molecular formula is C21H23N7O2S2. The van der Waals surface area contributed by atoms with Crippen LogP contribution >= 0.6 is 11.3 Å². The van der Waals surface area contributed by atoms with E-state index >= 15 is 0 Å². The van der Waals surface area contributed by atoms with Gasteiger partial charge in [0.05, 0.1) is 29.0 Å². The normalized spacial score (nSPS) is 11.6. The maximum absolute atomic E-state index is 12.6. The zero-order valence-electron chi connectivity index (χ0n) is 17.9. The fraction of sp³-hybridized carbons (Fsp3) is 0.238. The molecule has 0 amide bonds. The number of rotatable bonds is 8. The molecule has 3 heterocycles. The van der Waals surface area contributed by atoms with Crippen molar-refractivity contribution >= 4 is 33.0 Å². The highest BCUT2D eigenvalue weighted by atomic mass is 32.2. The number of sulfonamides is 1. The van der Waals surface area contributed by atoms with Crippen molar-refractivity contribution < 1.29 is 8.42 Å². The SMILES string of the molecule is CCn1c(-c2ccnc(Nc3ccc(S(=O)(=O)NCc4nc(C)cs4)cc3)n2)cnc1C. The van der Waals surface area contributed by atoms with E-state index in [4.69, 9.17) is 0 Å². The lowest BCUT2D eigenvalue weighted by atomic mass is 10.3. The van der Waals surface area contributed by atoms with Gasteiger partial charge in [-0.2, -0.15) is 0 Å². The molecular weight excluding hydrogens is 446 g/mol. The fourth-order valence-electron chi connectivity index (χ4n) is 3.20. The summed E-state index contributed by atoms with van der Waals surface area (Å²) < 4.78 is 29.8. The van der Waals surface area contributed by atoms with Crippen molar-refractivity contribution in [3.63, 3.8) is 0 Å². The minimum Gasteiger partial charge on any atom is -0.327 e. The first-order valence-corrected chi connectivity index (χ1v) is 12.4. The maximum atomic E-state index is 12.6. The van der Waals surface area contributed by atoms with Crippen molar-refractivity contribution in [2.75, 3.05) is 5.32 Å². The Morgan fingerprint density at radius 1 is 1.06 bits per heavy atom. The summed E-state index contributed by atoms with van der Waals surface area (Å²) in [5.41, 5.74) is 3.22. The van der Waals surface area contributed by atoms with Gasteiger partial charge in [0, 0.05) is 29.5 Å². The van der Waals surface area contributed by atoms with Crippen LogP contribution in [0.25, 0.3) is 11.4 Å². The van der Waals surface area contributed by atoms with E-state index in [9.17, 15) is 8.42 Å². The Morgan fingerprint density at radius 2 is 1.84 bits per heavy atom. The van der Waals surface area contributed by atoms with Crippen molar-refractivity contribution in [2.24, 2.45) is 0 Å². The molecule has 0 unspecified atom stereocenters. The van der Waals surface area contributed by atoms with E-state index < -0.39 is 10.0 Å². The van der Waals surface area contributed by atoms with Crippen molar-refractivity contribution in [1.29, 1.82) is 0 Å². The Labute approximate surface area is 190 Å². The van der Waals surface area contributed by atoms with Crippen molar-refractivity contribution in [3.8, 4) is 11.4 Å². The second kappa shape index (κ2) is 9.15. The first-order chi connectivity index (χ1) is 15.4. The van der Waals surface area contributed by atoms with Gasteiger partial charge in [0.15, 0.2) is 0 Å². The molecule has 0 radical (unpaired) electrons. The number of anilines is 2. The largest absolute Gasteiger partial charge is 0.327 e. The minimum absolute atomic E-state index is 0.162. The summed E-state index contributed by atoms with van der Waals surface area (Å²) in [6, 6.07) is 8.27. The van der Waals surface area contributed by atoms with Crippen LogP contribution in [0.15, 0.2) is 53.0 Å². The van der Waals surface area contributed by atoms with E-state index in [0.29, 0.717) is 11.6 Å². The van der Waals surface area contributed by atoms with Crippen LogP contribution in [0.3, 0.4) is 0 Å². The van der Waals surface area contributed by atoms with Crippen LogP contribution < -0.4 is 10.0 Å². The number of aryl methyl sites for hydroxylation is 2. The van der Waals surface area contributed by atoms with Crippen LogP contribution in [0.5, 0.6) is 0 Å². The summed E-state index contributed by atoms with van der Waals surface area (Å²) in [7, 11) is -3.64. The molecule has 32 heavy (non-hydrogen) atoms. The Balaban J connectivity index is 1.47. The summed E-state index contributed by atoms with van der Waals surface area (Å²) in [6.07, 6.45) is 3.47. The van der Waals surface area contributed by atoms with Crippen LogP contribution in [0.2, 0.25) is 0 Å². The third kappa shape index (κ3) is 4.85. The van der Waals surface area contributed by atoms with E-state index in [2.05, 4.69) is 41.5 Å². The molecule has 0 aliphatic carbocycles. The van der Waals surface area contributed by atoms with Crippen LogP contribution in [0.4, 0.5) is 11.6 Å². The van der Waals surface area contributed by atoms with Gasteiger partial charge in [-0.15, -0.1) is 11.3 Å². The maximum Gasteiger partial charge on any atom is 0.240 e. The van der Waals surface area contributed by atoms with Crippen molar-refractivity contribution in [2.45, 2.75) is 38.8 Å².